The lowest BCUT2D eigenvalue weighted by Crippen LogP contribution is -2.48. The zero-order chi connectivity index (χ0) is 16.1. The van der Waals surface area contributed by atoms with Gasteiger partial charge >= 0.3 is 0 Å². The summed E-state index contributed by atoms with van der Waals surface area (Å²) in [5, 5.41) is 6.18. The molecule has 1 aliphatic rings. The fraction of sp³-hybridized carbons (Fsp3) is 0.278. The van der Waals surface area contributed by atoms with E-state index < -0.39 is 0 Å². The Morgan fingerprint density at radius 1 is 1.22 bits per heavy atom. The number of rotatable bonds is 6. The van der Waals surface area contributed by atoms with Crippen LogP contribution in [0, 0.1) is 5.92 Å². The van der Waals surface area contributed by atoms with Crippen molar-refractivity contribution in [3.63, 3.8) is 0 Å². The fourth-order valence-electron chi connectivity index (χ4n) is 2.39. The Kier molecular flexibility index (Phi) is 5.31. The lowest BCUT2D eigenvalue weighted by molar-refractivity contribution is 0.0937. The van der Waals surface area contributed by atoms with Gasteiger partial charge in [-0.05, 0) is 29.8 Å². The molecule has 0 aliphatic carbocycles. The molecule has 1 amide bonds. The van der Waals surface area contributed by atoms with E-state index in [4.69, 9.17) is 4.74 Å². The highest BCUT2D eigenvalue weighted by Crippen LogP contribution is 2.20. The van der Waals surface area contributed by atoms with Crippen molar-refractivity contribution in [3.8, 4) is 5.75 Å². The molecule has 3 rings (SSSR count). The first kappa shape index (κ1) is 16.0. The van der Waals surface area contributed by atoms with Crippen LogP contribution in [0.1, 0.15) is 15.9 Å². The largest absolute Gasteiger partial charge is 0.488 e. The van der Waals surface area contributed by atoms with Crippen LogP contribution in [0.2, 0.25) is 0 Å². The van der Waals surface area contributed by atoms with E-state index in [9.17, 15) is 4.79 Å². The standard InChI is InChI=1S/C18H19BrN2O2/c19-15-5-3-4-13(8-15)12-23-17-7-2-1-6-16(17)18(22)21-11-14-9-20-10-14/h1-8,14,20H,9-12H2,(H,21,22). The summed E-state index contributed by atoms with van der Waals surface area (Å²) in [5.41, 5.74) is 1.63. The molecule has 0 saturated carbocycles. The minimum absolute atomic E-state index is 0.0817. The summed E-state index contributed by atoms with van der Waals surface area (Å²) in [6.07, 6.45) is 0. The normalized spacial score (nSPS) is 14.1. The molecule has 0 unspecified atom stereocenters. The van der Waals surface area contributed by atoms with E-state index in [-0.39, 0.29) is 5.91 Å². The molecule has 2 aromatic rings. The molecule has 2 aromatic carbocycles. The summed E-state index contributed by atoms with van der Waals surface area (Å²) in [6.45, 7) is 3.07. The van der Waals surface area contributed by atoms with Gasteiger partial charge in [-0.2, -0.15) is 0 Å². The van der Waals surface area contributed by atoms with Crippen LogP contribution in [0.15, 0.2) is 53.0 Å². The van der Waals surface area contributed by atoms with Gasteiger partial charge in [0, 0.05) is 30.0 Å². The van der Waals surface area contributed by atoms with E-state index in [0.717, 1.165) is 23.1 Å². The van der Waals surface area contributed by atoms with Crippen LogP contribution >= 0.6 is 15.9 Å². The summed E-state index contributed by atoms with van der Waals surface area (Å²) >= 11 is 3.45. The van der Waals surface area contributed by atoms with Crippen molar-refractivity contribution >= 4 is 21.8 Å². The number of carbonyl (C=O) groups is 1. The fourth-order valence-corrected chi connectivity index (χ4v) is 2.84. The van der Waals surface area contributed by atoms with Crippen LogP contribution in [-0.4, -0.2) is 25.5 Å². The Morgan fingerprint density at radius 2 is 2.04 bits per heavy atom. The molecule has 0 aromatic heterocycles. The second kappa shape index (κ2) is 7.62. The van der Waals surface area contributed by atoms with Crippen molar-refractivity contribution < 1.29 is 9.53 Å². The molecule has 23 heavy (non-hydrogen) atoms. The predicted molar refractivity (Wildman–Crippen MR) is 93.6 cm³/mol. The molecule has 1 heterocycles. The van der Waals surface area contributed by atoms with E-state index in [1.54, 1.807) is 6.07 Å². The van der Waals surface area contributed by atoms with Gasteiger partial charge in [-0.15, -0.1) is 0 Å². The quantitative estimate of drug-likeness (QED) is 0.816. The number of hydrogen-bond acceptors (Lipinski definition) is 3. The van der Waals surface area contributed by atoms with Crippen LogP contribution in [0.5, 0.6) is 5.75 Å². The topological polar surface area (TPSA) is 50.4 Å². The maximum Gasteiger partial charge on any atom is 0.255 e. The van der Waals surface area contributed by atoms with Gasteiger partial charge < -0.3 is 15.4 Å². The number of hydrogen-bond donors (Lipinski definition) is 2. The van der Waals surface area contributed by atoms with Gasteiger partial charge in [-0.3, -0.25) is 4.79 Å². The van der Waals surface area contributed by atoms with Crippen molar-refractivity contribution in [1.82, 2.24) is 10.6 Å². The Hall–Kier alpha value is -1.85. The number of ether oxygens (including phenoxy) is 1. The molecule has 0 spiro atoms. The highest BCUT2D eigenvalue weighted by Gasteiger charge is 2.19. The second-order valence-electron chi connectivity index (χ2n) is 5.65. The molecular formula is C18H19BrN2O2. The third kappa shape index (κ3) is 4.33. The Balaban J connectivity index is 1.63. The van der Waals surface area contributed by atoms with Crippen LogP contribution < -0.4 is 15.4 Å². The first-order valence-corrected chi connectivity index (χ1v) is 8.47. The number of para-hydroxylation sites is 1. The molecule has 1 saturated heterocycles. The second-order valence-corrected chi connectivity index (χ2v) is 6.56. The maximum atomic E-state index is 12.4. The summed E-state index contributed by atoms with van der Waals surface area (Å²) in [6, 6.07) is 15.3. The first-order valence-electron chi connectivity index (χ1n) is 7.67. The molecule has 120 valence electrons. The molecule has 0 bridgehead atoms. The number of carbonyl (C=O) groups excluding carboxylic acids is 1. The molecule has 5 heteroatoms. The van der Waals surface area contributed by atoms with E-state index in [1.807, 2.05) is 42.5 Å². The number of amides is 1. The van der Waals surface area contributed by atoms with E-state index in [0.29, 0.717) is 30.4 Å². The highest BCUT2D eigenvalue weighted by atomic mass is 79.9. The van der Waals surface area contributed by atoms with E-state index in [1.165, 1.54) is 0 Å². The zero-order valence-electron chi connectivity index (χ0n) is 12.7. The molecule has 0 radical (unpaired) electrons. The zero-order valence-corrected chi connectivity index (χ0v) is 14.3. The van der Waals surface area contributed by atoms with Crippen molar-refractivity contribution in [2.75, 3.05) is 19.6 Å². The molecule has 4 nitrogen and oxygen atoms in total. The number of nitrogens with one attached hydrogen (secondary N) is 2. The minimum Gasteiger partial charge on any atom is -0.488 e. The predicted octanol–water partition coefficient (Wildman–Crippen LogP) is 2.98. The van der Waals surface area contributed by atoms with Crippen molar-refractivity contribution in [2.24, 2.45) is 5.92 Å². The van der Waals surface area contributed by atoms with Crippen LogP contribution in [0.3, 0.4) is 0 Å². The Morgan fingerprint density at radius 3 is 2.78 bits per heavy atom. The number of halogens is 1. The van der Waals surface area contributed by atoms with Crippen LogP contribution in [-0.2, 0) is 6.61 Å². The minimum atomic E-state index is -0.0817. The lowest BCUT2D eigenvalue weighted by atomic mass is 10.0. The summed E-state index contributed by atoms with van der Waals surface area (Å²) in [5.74, 6) is 1.06. The molecule has 2 N–H and O–H groups in total. The SMILES string of the molecule is O=C(NCC1CNC1)c1ccccc1OCc1cccc(Br)c1. The Bertz CT molecular complexity index is 686. The van der Waals surface area contributed by atoms with E-state index in [2.05, 4.69) is 26.6 Å². The van der Waals surface area contributed by atoms with Gasteiger partial charge in [-0.1, -0.05) is 40.2 Å². The van der Waals surface area contributed by atoms with Crippen molar-refractivity contribution in [1.29, 1.82) is 0 Å². The van der Waals surface area contributed by atoms with Crippen molar-refractivity contribution in [3.05, 3.63) is 64.1 Å². The summed E-state index contributed by atoms with van der Waals surface area (Å²) in [4.78, 5) is 12.4. The maximum absolute atomic E-state index is 12.4. The average molecular weight is 375 g/mol. The van der Waals surface area contributed by atoms with Gasteiger partial charge in [0.15, 0.2) is 0 Å². The summed E-state index contributed by atoms with van der Waals surface area (Å²) < 4.78 is 6.87. The number of benzene rings is 2. The summed E-state index contributed by atoms with van der Waals surface area (Å²) in [7, 11) is 0. The molecular weight excluding hydrogens is 356 g/mol. The van der Waals surface area contributed by atoms with Crippen LogP contribution in [0.25, 0.3) is 0 Å². The van der Waals surface area contributed by atoms with Crippen molar-refractivity contribution in [2.45, 2.75) is 6.61 Å². The molecule has 1 fully saturated rings. The third-order valence-corrected chi connectivity index (χ3v) is 4.33. The smallest absolute Gasteiger partial charge is 0.255 e. The highest BCUT2D eigenvalue weighted by molar-refractivity contribution is 9.10. The van der Waals surface area contributed by atoms with E-state index >= 15 is 0 Å². The molecule has 0 atom stereocenters. The van der Waals surface area contributed by atoms with Gasteiger partial charge in [0.1, 0.15) is 12.4 Å². The van der Waals surface area contributed by atoms with Crippen LogP contribution in [0.4, 0.5) is 0 Å². The molecule has 1 aliphatic heterocycles. The van der Waals surface area contributed by atoms with Gasteiger partial charge in [-0.25, -0.2) is 0 Å². The third-order valence-electron chi connectivity index (χ3n) is 3.83. The van der Waals surface area contributed by atoms with Gasteiger partial charge in [0.25, 0.3) is 5.91 Å². The van der Waals surface area contributed by atoms with Gasteiger partial charge in [0.05, 0.1) is 5.56 Å². The average Bonchev–Trinajstić information content (AvgIpc) is 2.52. The van der Waals surface area contributed by atoms with Gasteiger partial charge in [0.2, 0.25) is 0 Å². The first-order chi connectivity index (χ1) is 11.2. The Labute approximate surface area is 144 Å². The monoisotopic (exact) mass is 374 g/mol. The lowest BCUT2D eigenvalue weighted by Gasteiger charge is -2.27.